The molecule has 0 saturated carbocycles. The lowest BCUT2D eigenvalue weighted by Crippen LogP contribution is -2.20. The van der Waals surface area contributed by atoms with Crippen molar-refractivity contribution in [2.45, 2.75) is 6.42 Å². The second-order valence-electron chi connectivity index (χ2n) is 3.06. The van der Waals surface area contributed by atoms with E-state index in [1.54, 1.807) is 0 Å². The Bertz CT molecular complexity index is 475. The molecule has 8 heteroatoms. The molecule has 0 aliphatic heterocycles. The van der Waals surface area contributed by atoms with Crippen molar-refractivity contribution < 1.29 is 9.72 Å². The molecule has 0 saturated heterocycles. The lowest BCUT2D eigenvalue weighted by molar-refractivity contribution is -0.385. The number of rotatable bonds is 5. The van der Waals surface area contributed by atoms with Crippen LogP contribution in [0.15, 0.2) is 23.3 Å². The molecule has 0 fully saturated rings. The van der Waals surface area contributed by atoms with E-state index in [2.05, 4.69) is 5.10 Å². The van der Waals surface area contributed by atoms with E-state index >= 15 is 0 Å². The molecule has 0 heterocycles. The number of carbonyl (C=O) groups excluding carboxylic acids is 1. The summed E-state index contributed by atoms with van der Waals surface area (Å²) in [5.74, 6) is 0.0579. The van der Waals surface area contributed by atoms with Gasteiger partial charge in [-0.3, -0.25) is 14.9 Å². The molecule has 0 aliphatic rings. The molecule has 1 aromatic carbocycles. The summed E-state index contributed by atoms with van der Waals surface area (Å²) in [7, 11) is 0. The topological polar surface area (TPSA) is 111 Å². The summed E-state index contributed by atoms with van der Waals surface area (Å²) >= 11 is 5.66. The van der Waals surface area contributed by atoms with Gasteiger partial charge in [-0.2, -0.15) is 5.10 Å². The summed E-state index contributed by atoms with van der Waals surface area (Å²) in [6.07, 6.45) is 0.400. The highest BCUT2D eigenvalue weighted by atomic mass is 35.5. The van der Waals surface area contributed by atoms with Crippen molar-refractivity contribution in [3.8, 4) is 0 Å². The van der Waals surface area contributed by atoms with Crippen LogP contribution in [0.4, 0.5) is 5.69 Å². The molecular weight excluding hydrogens is 248 g/mol. The van der Waals surface area contributed by atoms with Gasteiger partial charge in [0.25, 0.3) is 5.69 Å². The molecule has 0 atom stereocenters. The third-order valence-corrected chi connectivity index (χ3v) is 2.11. The highest BCUT2D eigenvalue weighted by molar-refractivity contribution is 6.30. The molecule has 0 radical (unpaired) electrons. The zero-order valence-corrected chi connectivity index (χ0v) is 9.35. The summed E-state index contributed by atoms with van der Waals surface area (Å²) in [6.45, 7) is 0. The number of nitrogens with two attached hydrogens (primary N) is 1. The summed E-state index contributed by atoms with van der Waals surface area (Å²) in [6, 6.07) is 4.24. The smallest absolute Gasteiger partial charge is 0.274 e. The number of nitro groups is 1. The molecule has 0 unspecified atom stereocenters. The van der Waals surface area contributed by atoms with Crippen molar-refractivity contribution in [1.82, 2.24) is 5.43 Å². The first-order chi connectivity index (χ1) is 8.04. The van der Waals surface area contributed by atoms with Gasteiger partial charge in [0.2, 0.25) is 6.41 Å². The first-order valence-electron chi connectivity index (χ1n) is 4.48. The second-order valence-corrected chi connectivity index (χ2v) is 3.49. The van der Waals surface area contributed by atoms with E-state index in [0.717, 1.165) is 0 Å². The van der Waals surface area contributed by atoms with Crippen LogP contribution in [-0.2, 0) is 11.2 Å². The Morgan fingerprint density at radius 2 is 2.35 bits per heavy atom. The molecule has 1 aromatic rings. The van der Waals surface area contributed by atoms with Crippen LogP contribution in [0.2, 0.25) is 5.02 Å². The first-order valence-corrected chi connectivity index (χ1v) is 4.86. The van der Waals surface area contributed by atoms with Crippen molar-refractivity contribution >= 4 is 29.5 Å². The van der Waals surface area contributed by atoms with E-state index in [1.165, 1.54) is 18.2 Å². The van der Waals surface area contributed by atoms with Gasteiger partial charge in [0.05, 0.1) is 4.92 Å². The minimum atomic E-state index is -0.554. The van der Waals surface area contributed by atoms with Crippen LogP contribution in [0, 0.1) is 10.1 Å². The fourth-order valence-corrected chi connectivity index (χ4v) is 1.37. The number of halogens is 1. The van der Waals surface area contributed by atoms with E-state index in [4.69, 9.17) is 17.3 Å². The molecule has 7 nitrogen and oxygen atoms in total. The third kappa shape index (κ3) is 3.72. The minimum Gasteiger partial charge on any atom is -0.385 e. The average molecular weight is 257 g/mol. The molecule has 1 amide bonds. The normalized spacial score (nSPS) is 11.0. The predicted octanol–water partition coefficient (Wildman–Crippen LogP) is 0.809. The highest BCUT2D eigenvalue weighted by Crippen LogP contribution is 2.23. The van der Waals surface area contributed by atoms with E-state index in [1.807, 2.05) is 5.43 Å². The summed E-state index contributed by atoms with van der Waals surface area (Å²) in [5, 5.41) is 14.5. The number of nitrogens with one attached hydrogen (secondary N) is 1. The number of nitrogens with zero attached hydrogens (tertiary/aromatic N) is 2. The summed E-state index contributed by atoms with van der Waals surface area (Å²) in [4.78, 5) is 20.2. The number of nitro benzene ring substituents is 1. The third-order valence-electron chi connectivity index (χ3n) is 1.88. The van der Waals surface area contributed by atoms with Crippen LogP contribution in [-0.4, -0.2) is 17.2 Å². The van der Waals surface area contributed by atoms with Gasteiger partial charge in [0, 0.05) is 23.1 Å². The Balaban J connectivity index is 2.98. The van der Waals surface area contributed by atoms with Gasteiger partial charge < -0.3 is 5.73 Å². The summed E-state index contributed by atoms with van der Waals surface area (Å²) in [5.41, 5.74) is 7.72. The van der Waals surface area contributed by atoms with Crippen molar-refractivity contribution in [3.63, 3.8) is 0 Å². The van der Waals surface area contributed by atoms with E-state index < -0.39 is 4.92 Å². The number of hydrogen-bond acceptors (Lipinski definition) is 4. The number of amides is 1. The van der Waals surface area contributed by atoms with Crippen LogP contribution in [0.25, 0.3) is 0 Å². The fourth-order valence-electron chi connectivity index (χ4n) is 1.20. The lowest BCUT2D eigenvalue weighted by Gasteiger charge is -2.02. The Labute approximate surface area is 101 Å². The number of hydrogen-bond donors (Lipinski definition) is 2. The van der Waals surface area contributed by atoms with Gasteiger partial charge >= 0.3 is 0 Å². The number of carbonyl (C=O) groups is 1. The molecule has 0 bridgehead atoms. The molecule has 17 heavy (non-hydrogen) atoms. The van der Waals surface area contributed by atoms with E-state index in [0.29, 0.717) is 12.0 Å². The average Bonchev–Trinajstić information content (AvgIpc) is 2.28. The molecule has 0 aliphatic carbocycles. The van der Waals surface area contributed by atoms with Gasteiger partial charge in [-0.25, -0.2) is 5.43 Å². The van der Waals surface area contributed by atoms with E-state index in [-0.39, 0.29) is 23.0 Å². The maximum absolute atomic E-state index is 10.8. The number of hydrazone groups is 1. The predicted molar refractivity (Wildman–Crippen MR) is 62.6 cm³/mol. The van der Waals surface area contributed by atoms with Crippen LogP contribution in [0.5, 0.6) is 0 Å². The van der Waals surface area contributed by atoms with Crippen molar-refractivity contribution in [2.75, 3.05) is 0 Å². The Morgan fingerprint density at radius 1 is 1.65 bits per heavy atom. The van der Waals surface area contributed by atoms with Crippen LogP contribution in [0.1, 0.15) is 5.56 Å². The van der Waals surface area contributed by atoms with Crippen molar-refractivity contribution in [1.29, 1.82) is 0 Å². The summed E-state index contributed by atoms with van der Waals surface area (Å²) < 4.78 is 0. The Kier molecular flexibility index (Phi) is 4.41. The maximum atomic E-state index is 10.8. The quantitative estimate of drug-likeness (QED) is 0.267. The zero-order valence-electron chi connectivity index (χ0n) is 8.59. The molecule has 0 aromatic heterocycles. The Morgan fingerprint density at radius 3 is 2.94 bits per heavy atom. The fraction of sp³-hybridized carbons (Fsp3) is 0.111. The number of benzene rings is 1. The SMILES string of the molecule is NC(Cc1ccc(Cl)cc1[N+](=O)[O-])=NNC=O. The van der Waals surface area contributed by atoms with E-state index in [9.17, 15) is 14.9 Å². The maximum Gasteiger partial charge on any atom is 0.274 e. The highest BCUT2D eigenvalue weighted by Gasteiger charge is 2.15. The van der Waals surface area contributed by atoms with Gasteiger partial charge in [-0.05, 0) is 6.07 Å². The van der Waals surface area contributed by atoms with Gasteiger partial charge in [-0.15, -0.1) is 0 Å². The van der Waals surface area contributed by atoms with Gasteiger partial charge in [0.1, 0.15) is 5.84 Å². The van der Waals surface area contributed by atoms with Gasteiger partial charge in [-0.1, -0.05) is 17.7 Å². The second kappa shape index (κ2) is 5.80. The zero-order chi connectivity index (χ0) is 12.8. The van der Waals surface area contributed by atoms with Crippen molar-refractivity contribution in [3.05, 3.63) is 38.9 Å². The standard InChI is InChI=1S/C9H9ClN4O3/c10-7-2-1-6(8(4-7)14(16)17)3-9(11)13-12-5-15/h1-2,4-5H,3H2,(H2,11,13)(H,12,15). The largest absolute Gasteiger partial charge is 0.385 e. The molecule has 1 rings (SSSR count). The van der Waals surface area contributed by atoms with Crippen LogP contribution in [0.3, 0.4) is 0 Å². The molecule has 0 spiro atoms. The number of amidine groups is 1. The van der Waals surface area contributed by atoms with Gasteiger partial charge in [0.15, 0.2) is 0 Å². The minimum absolute atomic E-state index is 0.0499. The molecule has 90 valence electrons. The lowest BCUT2D eigenvalue weighted by atomic mass is 10.1. The molecule has 3 N–H and O–H groups in total. The Hall–Kier alpha value is -2.15. The molecular formula is C9H9ClN4O3. The monoisotopic (exact) mass is 256 g/mol. The first kappa shape index (κ1) is 12.9. The van der Waals surface area contributed by atoms with Crippen LogP contribution >= 0.6 is 11.6 Å². The van der Waals surface area contributed by atoms with Crippen molar-refractivity contribution in [2.24, 2.45) is 10.8 Å². The van der Waals surface area contributed by atoms with Crippen LogP contribution < -0.4 is 11.2 Å².